The molecule has 2 rings (SSSR count). The molecule has 20 heavy (non-hydrogen) atoms. The van der Waals surface area contributed by atoms with Gasteiger partial charge >= 0.3 is 0 Å². The maximum absolute atomic E-state index is 13.1. The van der Waals surface area contributed by atoms with Crippen LogP contribution in [0.1, 0.15) is 18.5 Å². The summed E-state index contributed by atoms with van der Waals surface area (Å²) in [5.74, 6) is -0.733. The predicted molar refractivity (Wildman–Crippen MR) is 73.3 cm³/mol. The Hall–Kier alpha value is -1.50. The van der Waals surface area contributed by atoms with E-state index in [2.05, 4.69) is 0 Å². The molecule has 1 saturated heterocycles. The minimum atomic E-state index is -0.509. The summed E-state index contributed by atoms with van der Waals surface area (Å²) in [6.07, 6.45) is 0. The van der Waals surface area contributed by atoms with Crippen molar-refractivity contribution in [3.8, 4) is 0 Å². The maximum atomic E-state index is 13.1. The summed E-state index contributed by atoms with van der Waals surface area (Å²) in [6.45, 7) is 3.21. The zero-order valence-electron chi connectivity index (χ0n) is 11.5. The lowest BCUT2D eigenvalue weighted by molar-refractivity contribution is -0.131. The molecular weight excluding hydrogens is 261 g/mol. The van der Waals surface area contributed by atoms with Gasteiger partial charge in [0, 0.05) is 12.6 Å². The van der Waals surface area contributed by atoms with Crippen molar-refractivity contribution in [1.29, 1.82) is 0 Å². The summed E-state index contributed by atoms with van der Waals surface area (Å²) < 4.78 is 18.4. The van der Waals surface area contributed by atoms with E-state index in [0.717, 1.165) is 5.56 Å². The Morgan fingerprint density at radius 2 is 2.10 bits per heavy atom. The van der Waals surface area contributed by atoms with Crippen LogP contribution in [0.3, 0.4) is 0 Å². The van der Waals surface area contributed by atoms with Crippen LogP contribution in [-0.4, -0.2) is 42.6 Å². The molecule has 0 spiro atoms. The third kappa shape index (κ3) is 3.15. The Labute approximate surface area is 117 Å². The number of hydrogen-bond acceptors (Lipinski definition) is 4. The van der Waals surface area contributed by atoms with Crippen LogP contribution in [0.25, 0.3) is 0 Å². The zero-order valence-corrected chi connectivity index (χ0v) is 11.5. The van der Waals surface area contributed by atoms with Gasteiger partial charge in [0.05, 0.1) is 19.3 Å². The number of halogens is 1. The minimum Gasteiger partial charge on any atom is -0.378 e. The van der Waals surface area contributed by atoms with E-state index < -0.39 is 11.9 Å². The van der Waals surface area contributed by atoms with E-state index in [1.54, 1.807) is 12.1 Å². The van der Waals surface area contributed by atoms with Crippen LogP contribution in [0, 0.1) is 5.82 Å². The summed E-state index contributed by atoms with van der Waals surface area (Å²) >= 11 is 0. The standard InChI is InChI=1S/C14H20FN3O2/c1-9(16)13(10-2-4-11(15)5-3-10)18-6-7-20-8-12(18)14(17)19/h2-5,9,12-13H,6-8,16H2,1H3,(H2,17,19). The fourth-order valence-electron chi connectivity index (χ4n) is 2.65. The van der Waals surface area contributed by atoms with Crippen LogP contribution >= 0.6 is 0 Å². The lowest BCUT2D eigenvalue weighted by Crippen LogP contribution is -2.56. The van der Waals surface area contributed by atoms with E-state index in [4.69, 9.17) is 16.2 Å². The maximum Gasteiger partial charge on any atom is 0.237 e. The van der Waals surface area contributed by atoms with Crippen LogP contribution in [0.5, 0.6) is 0 Å². The van der Waals surface area contributed by atoms with Gasteiger partial charge in [-0.05, 0) is 24.6 Å². The van der Waals surface area contributed by atoms with Crippen LogP contribution in [0.15, 0.2) is 24.3 Å². The number of benzene rings is 1. The topological polar surface area (TPSA) is 81.6 Å². The number of rotatable bonds is 4. The second kappa shape index (κ2) is 6.30. The van der Waals surface area contributed by atoms with Gasteiger partial charge in [0.2, 0.25) is 5.91 Å². The van der Waals surface area contributed by atoms with Crippen molar-refractivity contribution in [3.63, 3.8) is 0 Å². The smallest absolute Gasteiger partial charge is 0.237 e. The molecule has 6 heteroatoms. The number of nitrogens with two attached hydrogens (primary N) is 2. The molecule has 1 aliphatic rings. The second-order valence-electron chi connectivity index (χ2n) is 5.09. The van der Waals surface area contributed by atoms with Crippen molar-refractivity contribution in [2.24, 2.45) is 11.5 Å². The largest absolute Gasteiger partial charge is 0.378 e. The van der Waals surface area contributed by atoms with E-state index in [0.29, 0.717) is 13.2 Å². The van der Waals surface area contributed by atoms with Crippen molar-refractivity contribution < 1.29 is 13.9 Å². The number of ether oxygens (including phenoxy) is 1. The molecule has 4 N–H and O–H groups in total. The van der Waals surface area contributed by atoms with Crippen molar-refractivity contribution >= 4 is 5.91 Å². The quantitative estimate of drug-likeness (QED) is 0.837. The summed E-state index contributed by atoms with van der Waals surface area (Å²) in [5.41, 5.74) is 12.4. The lowest BCUT2D eigenvalue weighted by Gasteiger charge is -2.41. The van der Waals surface area contributed by atoms with Gasteiger partial charge in [-0.1, -0.05) is 12.1 Å². The van der Waals surface area contributed by atoms with Gasteiger partial charge in [-0.3, -0.25) is 9.69 Å². The molecule has 1 heterocycles. The monoisotopic (exact) mass is 281 g/mol. The fraction of sp³-hybridized carbons (Fsp3) is 0.500. The highest BCUT2D eigenvalue weighted by atomic mass is 19.1. The summed E-state index contributed by atoms with van der Waals surface area (Å²) in [6, 6.07) is 5.24. The molecular formula is C14H20FN3O2. The van der Waals surface area contributed by atoms with Crippen LogP contribution in [-0.2, 0) is 9.53 Å². The Bertz CT molecular complexity index is 464. The molecule has 3 atom stereocenters. The number of hydrogen-bond donors (Lipinski definition) is 2. The van der Waals surface area contributed by atoms with Gasteiger partial charge in [0.15, 0.2) is 0 Å². The van der Waals surface area contributed by atoms with Gasteiger partial charge in [0.25, 0.3) is 0 Å². The van der Waals surface area contributed by atoms with E-state index in [1.165, 1.54) is 12.1 Å². The summed E-state index contributed by atoms with van der Waals surface area (Å²) in [5, 5.41) is 0. The predicted octanol–water partition coefficient (Wildman–Crippen LogP) is 0.400. The summed E-state index contributed by atoms with van der Waals surface area (Å²) in [7, 11) is 0. The van der Waals surface area contributed by atoms with Crippen molar-refractivity contribution in [3.05, 3.63) is 35.6 Å². The highest BCUT2D eigenvalue weighted by Gasteiger charge is 2.35. The molecule has 5 nitrogen and oxygen atoms in total. The van der Waals surface area contributed by atoms with Gasteiger partial charge < -0.3 is 16.2 Å². The Balaban J connectivity index is 2.31. The minimum absolute atomic E-state index is 0.197. The van der Waals surface area contributed by atoms with Crippen molar-refractivity contribution in [1.82, 2.24) is 4.90 Å². The van der Waals surface area contributed by atoms with Gasteiger partial charge in [-0.25, -0.2) is 4.39 Å². The first kappa shape index (κ1) is 14.9. The third-order valence-electron chi connectivity index (χ3n) is 3.57. The molecule has 1 aromatic carbocycles. The van der Waals surface area contributed by atoms with Gasteiger partial charge in [0.1, 0.15) is 11.9 Å². The Kier molecular flexibility index (Phi) is 4.69. The lowest BCUT2D eigenvalue weighted by atomic mass is 9.96. The summed E-state index contributed by atoms with van der Waals surface area (Å²) in [4.78, 5) is 13.5. The van der Waals surface area contributed by atoms with E-state index >= 15 is 0 Å². The van der Waals surface area contributed by atoms with E-state index in [9.17, 15) is 9.18 Å². The molecule has 0 aromatic heterocycles. The average molecular weight is 281 g/mol. The zero-order chi connectivity index (χ0) is 14.7. The number of morpholine rings is 1. The number of carbonyl (C=O) groups excluding carboxylic acids is 1. The molecule has 1 aromatic rings. The number of amides is 1. The molecule has 110 valence electrons. The molecule has 1 amide bonds. The van der Waals surface area contributed by atoms with E-state index in [-0.39, 0.29) is 24.5 Å². The van der Waals surface area contributed by atoms with Gasteiger partial charge in [-0.2, -0.15) is 0 Å². The molecule has 0 bridgehead atoms. The van der Waals surface area contributed by atoms with Crippen LogP contribution in [0.4, 0.5) is 4.39 Å². The SMILES string of the molecule is CC(N)C(c1ccc(F)cc1)N1CCOCC1C(N)=O. The molecule has 1 aliphatic heterocycles. The first-order chi connectivity index (χ1) is 9.50. The molecule has 0 saturated carbocycles. The highest BCUT2D eigenvalue weighted by molar-refractivity contribution is 5.80. The molecule has 0 radical (unpaired) electrons. The number of nitrogens with zero attached hydrogens (tertiary/aromatic N) is 1. The third-order valence-corrected chi connectivity index (χ3v) is 3.57. The fourth-order valence-corrected chi connectivity index (χ4v) is 2.65. The number of carbonyl (C=O) groups is 1. The number of primary amides is 1. The Morgan fingerprint density at radius 3 is 2.65 bits per heavy atom. The normalized spacial score (nSPS) is 23.2. The van der Waals surface area contributed by atoms with Crippen molar-refractivity contribution in [2.45, 2.75) is 25.0 Å². The molecule has 1 fully saturated rings. The first-order valence-electron chi connectivity index (χ1n) is 6.64. The second-order valence-corrected chi connectivity index (χ2v) is 5.09. The Morgan fingerprint density at radius 1 is 1.45 bits per heavy atom. The van der Waals surface area contributed by atoms with Crippen LogP contribution < -0.4 is 11.5 Å². The average Bonchev–Trinajstić information content (AvgIpc) is 2.41. The first-order valence-corrected chi connectivity index (χ1v) is 6.64. The van der Waals surface area contributed by atoms with Gasteiger partial charge in [-0.15, -0.1) is 0 Å². The van der Waals surface area contributed by atoms with Crippen LogP contribution in [0.2, 0.25) is 0 Å². The van der Waals surface area contributed by atoms with E-state index in [1.807, 2.05) is 11.8 Å². The highest BCUT2D eigenvalue weighted by Crippen LogP contribution is 2.27. The van der Waals surface area contributed by atoms with Crippen molar-refractivity contribution in [2.75, 3.05) is 19.8 Å². The molecule has 3 unspecified atom stereocenters. The molecule has 0 aliphatic carbocycles.